The molecule has 0 aliphatic rings. The van der Waals surface area contributed by atoms with Crippen molar-refractivity contribution in [3.05, 3.63) is 34.1 Å². The quantitative estimate of drug-likeness (QED) is 0.891. The fourth-order valence-electron chi connectivity index (χ4n) is 1.41. The van der Waals surface area contributed by atoms with E-state index in [0.29, 0.717) is 10.0 Å². The van der Waals surface area contributed by atoms with Crippen LogP contribution in [0.25, 0.3) is 0 Å². The zero-order valence-corrected chi connectivity index (χ0v) is 10.3. The summed E-state index contributed by atoms with van der Waals surface area (Å²) in [5, 5.41) is 9.78. The van der Waals surface area contributed by atoms with E-state index in [1.165, 1.54) is 6.07 Å². The van der Waals surface area contributed by atoms with Gasteiger partial charge in [0.1, 0.15) is 5.82 Å². The first-order valence-corrected chi connectivity index (χ1v) is 5.62. The van der Waals surface area contributed by atoms with Crippen LogP contribution < -0.4 is 5.73 Å². The Balaban J connectivity index is 3.05. The summed E-state index contributed by atoms with van der Waals surface area (Å²) < 4.78 is 14.1. The second-order valence-corrected chi connectivity index (χ2v) is 4.75. The molecule has 2 nitrogen and oxygen atoms in total. The molecule has 1 aromatic rings. The van der Waals surface area contributed by atoms with Crippen LogP contribution in [0.2, 0.25) is 0 Å². The third-order valence-electron chi connectivity index (χ3n) is 2.38. The summed E-state index contributed by atoms with van der Waals surface area (Å²) in [5.74, 6) is -0.400. The summed E-state index contributed by atoms with van der Waals surface area (Å²) in [6.45, 7) is 3.69. The fraction of sp³-hybridized carbons (Fsp3) is 0.455. The number of aliphatic hydroxyl groups is 1. The van der Waals surface area contributed by atoms with E-state index in [0.717, 1.165) is 0 Å². The SMILES string of the molecule is CC(C)[C@H](O)[C@H](N)c1c(F)cccc1Br. The van der Waals surface area contributed by atoms with Crippen molar-refractivity contribution < 1.29 is 9.50 Å². The second kappa shape index (κ2) is 5.05. The van der Waals surface area contributed by atoms with Crippen molar-refractivity contribution in [1.29, 1.82) is 0 Å². The van der Waals surface area contributed by atoms with E-state index in [4.69, 9.17) is 5.73 Å². The van der Waals surface area contributed by atoms with Crippen LogP contribution in [-0.2, 0) is 0 Å². The van der Waals surface area contributed by atoms with Crippen molar-refractivity contribution in [2.24, 2.45) is 11.7 Å². The molecule has 0 saturated heterocycles. The van der Waals surface area contributed by atoms with Crippen LogP contribution in [0.5, 0.6) is 0 Å². The molecule has 0 spiro atoms. The molecule has 0 aliphatic carbocycles. The minimum Gasteiger partial charge on any atom is -0.391 e. The minimum absolute atomic E-state index is 0.00786. The Morgan fingerprint density at radius 2 is 2.00 bits per heavy atom. The van der Waals surface area contributed by atoms with Gasteiger partial charge in [-0.15, -0.1) is 0 Å². The van der Waals surface area contributed by atoms with Gasteiger partial charge < -0.3 is 10.8 Å². The third kappa shape index (κ3) is 2.77. The molecule has 1 rings (SSSR count). The highest BCUT2D eigenvalue weighted by atomic mass is 79.9. The average Bonchev–Trinajstić information content (AvgIpc) is 2.15. The van der Waals surface area contributed by atoms with E-state index in [9.17, 15) is 9.50 Å². The van der Waals surface area contributed by atoms with Gasteiger partial charge in [0.25, 0.3) is 0 Å². The highest BCUT2D eigenvalue weighted by molar-refractivity contribution is 9.10. The first-order chi connectivity index (χ1) is 6.95. The minimum atomic E-state index is -0.752. The van der Waals surface area contributed by atoms with Gasteiger partial charge >= 0.3 is 0 Å². The summed E-state index contributed by atoms with van der Waals surface area (Å²) in [6, 6.07) is 3.94. The Hall–Kier alpha value is -0.450. The first-order valence-electron chi connectivity index (χ1n) is 4.82. The number of aliphatic hydroxyl groups excluding tert-OH is 1. The molecule has 0 heterocycles. The molecule has 1 aromatic carbocycles. The number of nitrogens with two attached hydrogens (primary N) is 1. The highest BCUT2D eigenvalue weighted by Gasteiger charge is 2.24. The van der Waals surface area contributed by atoms with Crippen LogP contribution in [0, 0.1) is 11.7 Å². The van der Waals surface area contributed by atoms with Crippen LogP contribution in [0.15, 0.2) is 22.7 Å². The van der Waals surface area contributed by atoms with Gasteiger partial charge in [0.15, 0.2) is 0 Å². The molecule has 0 radical (unpaired) electrons. The lowest BCUT2D eigenvalue weighted by molar-refractivity contribution is 0.0964. The molecule has 84 valence electrons. The van der Waals surface area contributed by atoms with E-state index in [1.54, 1.807) is 12.1 Å². The molecule has 15 heavy (non-hydrogen) atoms. The van der Waals surface area contributed by atoms with Gasteiger partial charge in [-0.3, -0.25) is 0 Å². The summed E-state index contributed by atoms with van der Waals surface area (Å²) in [5.41, 5.74) is 6.15. The molecule has 0 amide bonds. The van der Waals surface area contributed by atoms with Gasteiger partial charge in [0, 0.05) is 10.0 Å². The number of rotatable bonds is 3. The number of hydrogen-bond acceptors (Lipinski definition) is 2. The zero-order valence-electron chi connectivity index (χ0n) is 8.74. The molecular weight excluding hydrogens is 261 g/mol. The van der Waals surface area contributed by atoms with E-state index >= 15 is 0 Å². The van der Waals surface area contributed by atoms with Crippen LogP contribution in [0.4, 0.5) is 4.39 Å². The molecule has 0 fully saturated rings. The maximum atomic E-state index is 13.5. The van der Waals surface area contributed by atoms with E-state index in [1.807, 2.05) is 13.8 Å². The van der Waals surface area contributed by atoms with Crippen molar-refractivity contribution in [1.82, 2.24) is 0 Å². The maximum absolute atomic E-state index is 13.5. The molecule has 0 bridgehead atoms. The third-order valence-corrected chi connectivity index (χ3v) is 3.08. The maximum Gasteiger partial charge on any atom is 0.129 e. The van der Waals surface area contributed by atoms with Crippen LogP contribution in [0.3, 0.4) is 0 Å². The van der Waals surface area contributed by atoms with Crippen molar-refractivity contribution in [3.63, 3.8) is 0 Å². The monoisotopic (exact) mass is 275 g/mol. The van der Waals surface area contributed by atoms with E-state index in [-0.39, 0.29) is 5.92 Å². The Morgan fingerprint density at radius 3 is 2.47 bits per heavy atom. The van der Waals surface area contributed by atoms with Gasteiger partial charge in [0.05, 0.1) is 12.1 Å². The van der Waals surface area contributed by atoms with Gasteiger partial charge in [-0.1, -0.05) is 35.8 Å². The molecule has 0 unspecified atom stereocenters. The Morgan fingerprint density at radius 1 is 1.40 bits per heavy atom. The lowest BCUT2D eigenvalue weighted by Gasteiger charge is -2.23. The lowest BCUT2D eigenvalue weighted by atomic mass is 9.94. The predicted octanol–water partition coefficient (Wildman–Crippen LogP) is 2.60. The average molecular weight is 276 g/mol. The van der Waals surface area contributed by atoms with Crippen molar-refractivity contribution in [2.75, 3.05) is 0 Å². The van der Waals surface area contributed by atoms with Crippen molar-refractivity contribution >= 4 is 15.9 Å². The summed E-state index contributed by atoms with van der Waals surface area (Å²) in [7, 11) is 0. The largest absolute Gasteiger partial charge is 0.391 e. The normalized spacial score (nSPS) is 15.4. The van der Waals surface area contributed by atoms with Gasteiger partial charge in [-0.05, 0) is 18.1 Å². The standard InChI is InChI=1S/C11H15BrFNO/c1-6(2)11(15)10(14)9-7(12)4-3-5-8(9)13/h3-6,10-11,15H,14H2,1-2H3/t10-,11+/m1/s1. The molecule has 4 heteroatoms. The smallest absolute Gasteiger partial charge is 0.129 e. The number of halogens is 2. The van der Waals surface area contributed by atoms with Crippen LogP contribution in [-0.4, -0.2) is 11.2 Å². The molecule has 0 saturated carbocycles. The zero-order chi connectivity index (χ0) is 11.6. The van der Waals surface area contributed by atoms with Gasteiger partial charge in [0.2, 0.25) is 0 Å². The van der Waals surface area contributed by atoms with E-state index < -0.39 is 18.0 Å². The molecule has 3 N–H and O–H groups in total. The summed E-state index contributed by atoms with van der Waals surface area (Å²) in [6.07, 6.45) is -0.752. The Labute approximate surface area is 97.4 Å². The molecular formula is C11H15BrFNO. The van der Waals surface area contributed by atoms with E-state index in [2.05, 4.69) is 15.9 Å². The highest BCUT2D eigenvalue weighted by Crippen LogP contribution is 2.28. The molecule has 0 aliphatic heterocycles. The number of benzene rings is 1. The Bertz CT molecular complexity index is 323. The van der Waals surface area contributed by atoms with Crippen LogP contribution >= 0.6 is 15.9 Å². The second-order valence-electron chi connectivity index (χ2n) is 3.90. The molecule has 2 atom stereocenters. The first kappa shape index (κ1) is 12.6. The number of hydrogen-bond donors (Lipinski definition) is 2. The van der Waals surface area contributed by atoms with Gasteiger partial charge in [-0.25, -0.2) is 4.39 Å². The molecule has 0 aromatic heterocycles. The summed E-state index contributed by atoms with van der Waals surface area (Å²) >= 11 is 3.23. The lowest BCUT2D eigenvalue weighted by Crippen LogP contribution is -2.31. The van der Waals surface area contributed by atoms with Crippen molar-refractivity contribution in [2.45, 2.75) is 26.0 Å². The summed E-state index contributed by atoms with van der Waals surface area (Å²) in [4.78, 5) is 0. The van der Waals surface area contributed by atoms with Crippen LogP contribution in [0.1, 0.15) is 25.5 Å². The predicted molar refractivity (Wildman–Crippen MR) is 61.9 cm³/mol. The van der Waals surface area contributed by atoms with Gasteiger partial charge in [-0.2, -0.15) is 0 Å². The fourth-order valence-corrected chi connectivity index (χ4v) is 2.02. The topological polar surface area (TPSA) is 46.2 Å². The Kier molecular flexibility index (Phi) is 4.25. The van der Waals surface area contributed by atoms with Crippen molar-refractivity contribution in [3.8, 4) is 0 Å².